The number of nitrogens with zero attached hydrogens (tertiary/aromatic N) is 1. The number of hydrogen-bond donors (Lipinski definition) is 2. The van der Waals surface area contributed by atoms with Gasteiger partial charge in [-0.2, -0.15) is 0 Å². The highest BCUT2D eigenvalue weighted by Gasteiger charge is 2.49. The van der Waals surface area contributed by atoms with E-state index in [1.54, 1.807) is 49.4 Å². The number of nitrogens with one attached hydrogen (secondary N) is 2. The number of hydrogen-bond acceptors (Lipinski definition) is 6. The van der Waals surface area contributed by atoms with E-state index in [2.05, 4.69) is 10.6 Å². The molecule has 2 N–H and O–H groups in total. The molecule has 0 bridgehead atoms. The minimum atomic E-state index is -1.33. The molecule has 33 heavy (non-hydrogen) atoms. The first-order valence-electron chi connectivity index (χ1n) is 10.6. The van der Waals surface area contributed by atoms with Gasteiger partial charge in [0.2, 0.25) is 12.7 Å². The topological polar surface area (TPSA) is 114 Å². The lowest BCUT2D eigenvalue weighted by Crippen LogP contribution is -2.41. The SMILES string of the molecule is CC(C)CC(=O)Nc1ccc(C(=O)CN2C(=O)NC(C)(c3ccc4c(c3)OCO4)C2=O)cc1. The second kappa shape index (κ2) is 8.57. The van der Waals surface area contributed by atoms with Crippen molar-refractivity contribution in [3.05, 3.63) is 53.6 Å². The summed E-state index contributed by atoms with van der Waals surface area (Å²) in [7, 11) is 0. The maximum atomic E-state index is 13.1. The van der Waals surface area contributed by atoms with Crippen molar-refractivity contribution in [1.82, 2.24) is 10.2 Å². The van der Waals surface area contributed by atoms with Gasteiger partial charge in [-0.3, -0.25) is 19.3 Å². The largest absolute Gasteiger partial charge is 0.454 e. The van der Waals surface area contributed by atoms with E-state index in [4.69, 9.17) is 9.47 Å². The Bertz CT molecular complexity index is 1130. The Morgan fingerprint density at radius 3 is 2.48 bits per heavy atom. The number of rotatable bonds is 7. The zero-order valence-electron chi connectivity index (χ0n) is 18.6. The van der Waals surface area contributed by atoms with Gasteiger partial charge in [-0.15, -0.1) is 0 Å². The average Bonchev–Trinajstić information content (AvgIpc) is 3.32. The molecule has 1 unspecified atom stereocenters. The summed E-state index contributed by atoms with van der Waals surface area (Å²) in [4.78, 5) is 51.3. The van der Waals surface area contributed by atoms with Crippen LogP contribution in [0.1, 0.15) is 43.1 Å². The van der Waals surface area contributed by atoms with E-state index in [0.717, 1.165) is 4.90 Å². The molecule has 9 heteroatoms. The van der Waals surface area contributed by atoms with Crippen LogP contribution in [-0.4, -0.2) is 41.9 Å². The minimum Gasteiger partial charge on any atom is -0.454 e. The first-order valence-corrected chi connectivity index (χ1v) is 10.6. The lowest BCUT2D eigenvalue weighted by molar-refractivity contribution is -0.130. The predicted molar refractivity (Wildman–Crippen MR) is 119 cm³/mol. The van der Waals surface area contributed by atoms with E-state index in [1.165, 1.54) is 0 Å². The molecule has 2 aliphatic rings. The van der Waals surface area contributed by atoms with E-state index < -0.39 is 29.8 Å². The summed E-state index contributed by atoms with van der Waals surface area (Å²) >= 11 is 0. The van der Waals surface area contributed by atoms with Crippen molar-refractivity contribution < 1.29 is 28.7 Å². The standard InChI is InChI=1S/C24H25N3O6/c1-14(2)10-21(29)25-17-7-4-15(5-8-17)18(28)12-27-22(30)24(3,26-23(27)31)16-6-9-19-20(11-16)33-13-32-19/h4-9,11,14H,10,12-13H2,1-3H3,(H,25,29)(H,26,31). The number of ketones is 1. The number of ether oxygens (including phenoxy) is 2. The molecule has 4 rings (SSSR count). The fourth-order valence-electron chi connectivity index (χ4n) is 3.80. The molecular weight excluding hydrogens is 426 g/mol. The van der Waals surface area contributed by atoms with Crippen LogP contribution in [0.15, 0.2) is 42.5 Å². The number of amides is 4. The van der Waals surface area contributed by atoms with Gasteiger partial charge in [0, 0.05) is 17.7 Å². The predicted octanol–water partition coefficient (Wildman–Crippen LogP) is 3.05. The molecule has 0 saturated carbocycles. The molecule has 0 radical (unpaired) electrons. The monoisotopic (exact) mass is 451 g/mol. The summed E-state index contributed by atoms with van der Waals surface area (Å²) < 4.78 is 10.7. The van der Waals surface area contributed by atoms with Gasteiger partial charge in [-0.1, -0.05) is 19.9 Å². The fraction of sp³-hybridized carbons (Fsp3) is 0.333. The molecule has 1 fully saturated rings. The van der Waals surface area contributed by atoms with Gasteiger partial charge >= 0.3 is 6.03 Å². The third kappa shape index (κ3) is 4.39. The molecular formula is C24H25N3O6. The summed E-state index contributed by atoms with van der Waals surface area (Å²) in [5.74, 6) is 0.260. The molecule has 0 spiro atoms. The lowest BCUT2D eigenvalue weighted by Gasteiger charge is -2.22. The number of imide groups is 1. The summed E-state index contributed by atoms with van der Waals surface area (Å²) in [6, 6.07) is 10.7. The summed E-state index contributed by atoms with van der Waals surface area (Å²) in [5, 5.41) is 5.46. The third-order valence-electron chi connectivity index (χ3n) is 5.61. The maximum absolute atomic E-state index is 13.1. The van der Waals surface area contributed by atoms with E-state index in [9.17, 15) is 19.2 Å². The van der Waals surface area contributed by atoms with Crippen LogP contribution in [0, 0.1) is 5.92 Å². The maximum Gasteiger partial charge on any atom is 0.325 e. The number of fused-ring (bicyclic) bond motifs is 1. The molecule has 2 heterocycles. The van der Waals surface area contributed by atoms with Crippen LogP contribution in [0.25, 0.3) is 0 Å². The van der Waals surface area contributed by atoms with Crippen molar-refractivity contribution in [3.8, 4) is 11.5 Å². The van der Waals surface area contributed by atoms with Crippen molar-refractivity contribution in [2.45, 2.75) is 32.7 Å². The molecule has 0 aromatic heterocycles. The van der Waals surface area contributed by atoms with E-state index in [1.807, 2.05) is 13.8 Å². The lowest BCUT2D eigenvalue weighted by atomic mass is 9.91. The number of benzene rings is 2. The highest BCUT2D eigenvalue weighted by Crippen LogP contribution is 2.37. The van der Waals surface area contributed by atoms with E-state index in [0.29, 0.717) is 34.7 Å². The first-order chi connectivity index (χ1) is 15.7. The zero-order valence-corrected chi connectivity index (χ0v) is 18.6. The van der Waals surface area contributed by atoms with Crippen molar-refractivity contribution in [2.24, 2.45) is 5.92 Å². The van der Waals surface area contributed by atoms with Crippen molar-refractivity contribution in [1.29, 1.82) is 0 Å². The van der Waals surface area contributed by atoms with Crippen molar-refractivity contribution >= 4 is 29.3 Å². The fourth-order valence-corrected chi connectivity index (χ4v) is 3.80. The number of anilines is 1. The number of carbonyl (C=O) groups excluding carboxylic acids is 4. The van der Waals surface area contributed by atoms with Crippen molar-refractivity contribution in [3.63, 3.8) is 0 Å². The minimum absolute atomic E-state index is 0.0939. The molecule has 0 aliphatic carbocycles. The summed E-state index contributed by atoms with van der Waals surface area (Å²) in [6.07, 6.45) is 0.398. The number of Topliss-reactive ketones (excluding diaryl/α,β-unsaturated/α-hetero) is 1. The number of carbonyl (C=O) groups is 4. The van der Waals surface area contributed by atoms with Gasteiger partial charge in [0.15, 0.2) is 17.3 Å². The highest BCUT2D eigenvalue weighted by atomic mass is 16.7. The molecule has 2 aromatic carbocycles. The average molecular weight is 451 g/mol. The van der Waals surface area contributed by atoms with Gasteiger partial charge in [0.05, 0.1) is 6.54 Å². The van der Waals surface area contributed by atoms with Crippen LogP contribution >= 0.6 is 0 Å². The normalized spacial score (nSPS) is 19.1. The van der Waals surface area contributed by atoms with E-state index in [-0.39, 0.29) is 18.6 Å². The molecule has 1 saturated heterocycles. The van der Waals surface area contributed by atoms with Crippen LogP contribution in [0.5, 0.6) is 11.5 Å². The van der Waals surface area contributed by atoms with Crippen LogP contribution in [0.3, 0.4) is 0 Å². The van der Waals surface area contributed by atoms with Gasteiger partial charge in [-0.05, 0) is 54.8 Å². The Morgan fingerprint density at radius 2 is 1.79 bits per heavy atom. The Balaban J connectivity index is 1.44. The van der Waals surface area contributed by atoms with Gasteiger partial charge < -0.3 is 20.1 Å². The third-order valence-corrected chi connectivity index (χ3v) is 5.61. The van der Waals surface area contributed by atoms with Crippen LogP contribution in [0.2, 0.25) is 0 Å². The number of urea groups is 1. The van der Waals surface area contributed by atoms with Gasteiger partial charge in [0.1, 0.15) is 5.54 Å². The van der Waals surface area contributed by atoms with Crippen molar-refractivity contribution in [2.75, 3.05) is 18.7 Å². The quantitative estimate of drug-likeness (QED) is 0.494. The Morgan fingerprint density at radius 1 is 1.09 bits per heavy atom. The second-order valence-electron chi connectivity index (χ2n) is 8.66. The van der Waals surface area contributed by atoms with Crippen LogP contribution < -0.4 is 20.1 Å². The molecule has 1 atom stereocenters. The first kappa shape index (κ1) is 22.3. The van der Waals surface area contributed by atoms with Crippen LogP contribution in [0.4, 0.5) is 10.5 Å². The van der Waals surface area contributed by atoms with Gasteiger partial charge in [0.25, 0.3) is 5.91 Å². The highest BCUT2D eigenvalue weighted by molar-refractivity contribution is 6.11. The Hall–Kier alpha value is -3.88. The molecule has 9 nitrogen and oxygen atoms in total. The Kier molecular flexibility index (Phi) is 5.80. The summed E-state index contributed by atoms with van der Waals surface area (Å²) in [5.41, 5.74) is 0.0985. The smallest absolute Gasteiger partial charge is 0.325 e. The zero-order chi connectivity index (χ0) is 23.8. The summed E-state index contributed by atoms with van der Waals surface area (Å²) in [6.45, 7) is 5.19. The molecule has 4 amide bonds. The van der Waals surface area contributed by atoms with Crippen LogP contribution in [-0.2, 0) is 15.1 Å². The van der Waals surface area contributed by atoms with Gasteiger partial charge in [-0.25, -0.2) is 4.79 Å². The molecule has 172 valence electrons. The Labute approximate surface area is 191 Å². The molecule has 2 aliphatic heterocycles. The second-order valence-corrected chi connectivity index (χ2v) is 8.66. The van der Waals surface area contributed by atoms with E-state index >= 15 is 0 Å². The molecule has 2 aromatic rings.